The second kappa shape index (κ2) is 11.1. The van der Waals surface area contributed by atoms with Crippen molar-refractivity contribution in [1.29, 1.82) is 0 Å². The topological polar surface area (TPSA) is 207 Å². The molecule has 2 aliphatic heterocycles. The van der Waals surface area contributed by atoms with E-state index in [4.69, 9.17) is 32.7 Å². The summed E-state index contributed by atoms with van der Waals surface area (Å²) in [7, 11) is -6.97. The Morgan fingerprint density at radius 2 is 1.49 bits per heavy atom. The molecule has 0 radical (unpaired) electrons. The van der Waals surface area contributed by atoms with Gasteiger partial charge in [0.2, 0.25) is 0 Å². The van der Waals surface area contributed by atoms with Crippen molar-refractivity contribution in [3.63, 3.8) is 0 Å². The first kappa shape index (κ1) is 31.3. The van der Waals surface area contributed by atoms with Gasteiger partial charge in [-0.25, -0.2) is 4.79 Å². The molecule has 2 atom stereocenters. The number of ether oxygens (including phenoxy) is 2. The van der Waals surface area contributed by atoms with Crippen molar-refractivity contribution in [2.45, 2.75) is 5.60 Å². The van der Waals surface area contributed by atoms with Gasteiger partial charge in [0, 0.05) is 47.5 Å². The molecule has 18 heteroatoms. The van der Waals surface area contributed by atoms with Crippen molar-refractivity contribution >= 4 is 50.7 Å². The lowest BCUT2D eigenvalue weighted by molar-refractivity contribution is -0.212. The number of likely N-dealkylation sites (N-methyl/N-ethyl adjacent to an activating group) is 1. The molecular formula is C25H20Cl2N2O12P2-2. The van der Waals surface area contributed by atoms with Crippen LogP contribution in [0.5, 0.6) is 23.0 Å². The summed E-state index contributed by atoms with van der Waals surface area (Å²) >= 11 is 12.6. The van der Waals surface area contributed by atoms with Crippen LogP contribution in [0.4, 0.5) is 0 Å². The number of benzene rings is 3. The number of hydrogen-bond acceptors (Lipinski definition) is 11. The van der Waals surface area contributed by atoms with Crippen LogP contribution in [0, 0.1) is 0 Å². The summed E-state index contributed by atoms with van der Waals surface area (Å²) in [5.74, 6) is -2.76. The molecule has 2 heterocycles. The first-order valence-electron chi connectivity index (χ1n) is 12.1. The second-order valence-electron chi connectivity index (χ2n) is 9.67. The Morgan fingerprint density at radius 1 is 0.953 bits per heavy atom. The summed E-state index contributed by atoms with van der Waals surface area (Å²) in [5.41, 5.74) is -1.40. The van der Waals surface area contributed by atoms with Gasteiger partial charge in [-0.1, -0.05) is 29.3 Å². The van der Waals surface area contributed by atoms with E-state index in [0.29, 0.717) is 13.1 Å². The minimum absolute atomic E-state index is 0.00853. The Bertz CT molecular complexity index is 1690. The number of hydrogen-bond donors (Lipinski definition) is 3. The maximum absolute atomic E-state index is 13.4. The van der Waals surface area contributed by atoms with Crippen molar-refractivity contribution in [1.82, 2.24) is 10.2 Å². The lowest BCUT2D eigenvalue weighted by Gasteiger charge is -2.37. The number of fused-ring (bicyclic) bond motifs is 6. The van der Waals surface area contributed by atoms with Crippen molar-refractivity contribution in [2.75, 3.05) is 27.2 Å². The number of phosphoric ester groups is 2. The fourth-order valence-corrected chi connectivity index (χ4v) is 6.06. The maximum atomic E-state index is 13.4. The third-order valence-corrected chi connectivity index (χ3v) is 7.89. The maximum Gasteiger partial charge on any atom is 0.340 e. The quantitative estimate of drug-likeness (QED) is 0.232. The summed E-state index contributed by atoms with van der Waals surface area (Å²) in [6.45, 7) is 0.917. The van der Waals surface area contributed by atoms with Gasteiger partial charge >= 0.3 is 21.6 Å². The predicted molar refractivity (Wildman–Crippen MR) is 147 cm³/mol. The number of amides is 1. The Kier molecular flexibility index (Phi) is 8.06. The lowest BCUT2D eigenvalue weighted by atomic mass is 9.77. The van der Waals surface area contributed by atoms with Crippen LogP contribution in [-0.4, -0.2) is 53.7 Å². The Morgan fingerprint density at radius 3 is 1.98 bits per heavy atom. The van der Waals surface area contributed by atoms with E-state index in [1.807, 2.05) is 19.0 Å². The van der Waals surface area contributed by atoms with Gasteiger partial charge in [-0.05, 0) is 38.4 Å². The molecule has 0 aliphatic carbocycles. The largest absolute Gasteiger partial charge is 0.746 e. The van der Waals surface area contributed by atoms with E-state index < -0.39 is 44.6 Å². The normalized spacial score (nSPS) is 19.3. The molecule has 228 valence electrons. The number of rotatable bonds is 8. The van der Waals surface area contributed by atoms with Crippen molar-refractivity contribution in [3.05, 3.63) is 80.3 Å². The van der Waals surface area contributed by atoms with Gasteiger partial charge in [-0.2, -0.15) is 0 Å². The fraction of sp³-hybridized carbons (Fsp3) is 0.200. The van der Waals surface area contributed by atoms with Gasteiger partial charge in [0.15, 0.2) is 5.60 Å². The average molecular weight is 673 g/mol. The molecular weight excluding hydrogens is 653 g/mol. The van der Waals surface area contributed by atoms with Crippen LogP contribution in [0.1, 0.15) is 37.4 Å². The minimum Gasteiger partial charge on any atom is -0.746 e. The summed E-state index contributed by atoms with van der Waals surface area (Å²) in [5, 5.41) is 2.10. The van der Waals surface area contributed by atoms with Crippen LogP contribution < -0.4 is 28.9 Å². The first-order valence-corrected chi connectivity index (χ1v) is 15.9. The van der Waals surface area contributed by atoms with Crippen LogP contribution in [0.15, 0.2) is 42.5 Å². The highest BCUT2D eigenvalue weighted by Gasteiger charge is 2.54. The lowest BCUT2D eigenvalue weighted by Crippen LogP contribution is -2.33. The van der Waals surface area contributed by atoms with Gasteiger partial charge in [-0.15, -0.1) is 0 Å². The highest BCUT2D eigenvalue weighted by atomic mass is 35.5. The van der Waals surface area contributed by atoms with E-state index in [2.05, 4.69) is 14.4 Å². The zero-order valence-corrected chi connectivity index (χ0v) is 25.3. The molecule has 0 bridgehead atoms. The SMILES string of the molecule is CN(C)CCNC(=O)c1ccc2c(c1)C(=O)OC21c2cc(Cl)c(OP(=O)([O-])O)cc2Oc2cc(OP(=O)([O-])O)c(Cl)cc21. The van der Waals surface area contributed by atoms with Crippen LogP contribution in [0.3, 0.4) is 0 Å². The van der Waals surface area contributed by atoms with Crippen molar-refractivity contribution in [3.8, 4) is 23.0 Å². The number of carbonyl (C=O) groups is 2. The summed E-state index contributed by atoms with van der Waals surface area (Å²) in [6, 6.07) is 8.64. The number of halogens is 2. The summed E-state index contributed by atoms with van der Waals surface area (Å²) < 4.78 is 43.8. The fourth-order valence-electron chi connectivity index (χ4n) is 4.75. The molecule has 0 saturated heterocycles. The van der Waals surface area contributed by atoms with Crippen molar-refractivity contribution < 1.29 is 56.8 Å². The van der Waals surface area contributed by atoms with E-state index >= 15 is 0 Å². The Balaban J connectivity index is 1.70. The molecule has 3 aromatic carbocycles. The Hall–Kier alpha value is -3.16. The molecule has 1 spiro atoms. The van der Waals surface area contributed by atoms with Crippen molar-refractivity contribution in [2.24, 2.45) is 0 Å². The van der Waals surface area contributed by atoms with Gasteiger partial charge in [-0.3, -0.25) is 13.9 Å². The molecule has 43 heavy (non-hydrogen) atoms. The smallest absolute Gasteiger partial charge is 0.340 e. The average Bonchev–Trinajstić information content (AvgIpc) is 3.17. The van der Waals surface area contributed by atoms with Crippen LogP contribution in [-0.2, 0) is 19.5 Å². The highest BCUT2D eigenvalue weighted by Crippen LogP contribution is 2.59. The molecule has 2 unspecified atom stereocenters. The molecule has 3 N–H and O–H groups in total. The molecule has 2 aliphatic rings. The van der Waals surface area contributed by atoms with Gasteiger partial charge in [0.25, 0.3) is 5.91 Å². The standard InChI is InChI=1S/C25H22Cl2N2O12P2/c1-29(2)6-5-28-23(30)12-3-4-14-13(7-12)24(31)39-25(14)15-8-17(26)21(40-42(32,33)34)10-19(15)38-20-11-22(41-43(35,36)37)18(27)9-16(20)25/h3-4,7-11H,5-6H2,1-2H3,(H,28,30)(H2,32,33,34)(H2,35,36,37)/p-2. The molecule has 5 rings (SSSR count). The highest BCUT2D eigenvalue weighted by molar-refractivity contribution is 7.45. The molecule has 0 saturated carbocycles. The predicted octanol–water partition coefficient (Wildman–Crippen LogP) is 2.53. The van der Waals surface area contributed by atoms with Gasteiger partial charge in [0.05, 0.1) is 15.6 Å². The minimum atomic E-state index is -5.33. The summed E-state index contributed by atoms with van der Waals surface area (Å²) in [6.07, 6.45) is 0. The molecule has 0 fully saturated rings. The van der Waals surface area contributed by atoms with Crippen LogP contribution >= 0.6 is 38.8 Å². The second-order valence-corrected chi connectivity index (χ2v) is 12.7. The number of nitrogens with one attached hydrogen (secondary N) is 1. The summed E-state index contributed by atoms with van der Waals surface area (Å²) in [4.78, 5) is 69.3. The zero-order chi connectivity index (χ0) is 31.5. The van der Waals surface area contributed by atoms with Gasteiger partial charge < -0.3 is 48.3 Å². The van der Waals surface area contributed by atoms with E-state index in [9.17, 15) is 38.3 Å². The van der Waals surface area contributed by atoms with E-state index in [1.54, 1.807) is 0 Å². The third-order valence-electron chi connectivity index (χ3n) is 6.45. The number of carbonyl (C=O) groups excluding carboxylic acids is 2. The molecule has 14 nitrogen and oxygen atoms in total. The molecule has 0 aromatic heterocycles. The van der Waals surface area contributed by atoms with Crippen LogP contribution in [0.2, 0.25) is 10.0 Å². The monoisotopic (exact) mass is 672 g/mol. The first-order chi connectivity index (χ1) is 20.0. The molecule has 3 aromatic rings. The Labute approximate surface area is 253 Å². The number of phosphoric acid groups is 2. The number of esters is 1. The third kappa shape index (κ3) is 6.12. The van der Waals surface area contributed by atoms with E-state index in [1.165, 1.54) is 30.3 Å². The van der Waals surface area contributed by atoms with E-state index in [0.717, 1.165) is 12.1 Å². The van der Waals surface area contributed by atoms with E-state index in [-0.39, 0.29) is 49.4 Å². The number of nitrogens with zero attached hydrogens (tertiary/aromatic N) is 1. The van der Waals surface area contributed by atoms with Crippen LogP contribution in [0.25, 0.3) is 0 Å². The zero-order valence-electron chi connectivity index (χ0n) is 22.0. The van der Waals surface area contributed by atoms with Gasteiger partial charge in [0.1, 0.15) is 23.0 Å². The molecule has 1 amide bonds.